The molecule has 0 aliphatic carbocycles. The van der Waals surface area contributed by atoms with Gasteiger partial charge in [-0.05, 0) is 18.2 Å². The van der Waals surface area contributed by atoms with E-state index in [9.17, 15) is 4.79 Å². The van der Waals surface area contributed by atoms with Crippen LogP contribution in [0.15, 0.2) is 18.2 Å². The minimum Gasteiger partial charge on any atom is -0.496 e. The summed E-state index contributed by atoms with van der Waals surface area (Å²) in [5.41, 5.74) is 0.757. The molecule has 0 aliphatic heterocycles. The molecule has 0 heterocycles. The number of hydrogen-bond donors (Lipinski definition) is 0. The molecule has 1 aromatic rings. The van der Waals surface area contributed by atoms with Crippen LogP contribution in [-0.4, -0.2) is 27.6 Å². The van der Waals surface area contributed by atoms with Crippen molar-refractivity contribution in [3.63, 3.8) is 0 Å². The fourth-order valence-electron chi connectivity index (χ4n) is 1.33. The van der Waals surface area contributed by atoms with Gasteiger partial charge in [0.2, 0.25) is 0 Å². The molecule has 0 fully saturated rings. The van der Waals surface area contributed by atoms with Crippen LogP contribution in [0.5, 0.6) is 17.2 Å². The molecular formula is C12H14O4. The van der Waals surface area contributed by atoms with Crippen LogP contribution >= 0.6 is 0 Å². The molecule has 0 amide bonds. The van der Waals surface area contributed by atoms with E-state index in [1.54, 1.807) is 39.5 Å². The molecule has 0 bridgehead atoms. The number of methoxy groups -OCH3 is 3. The van der Waals surface area contributed by atoms with Gasteiger partial charge in [-0.25, -0.2) is 0 Å². The van der Waals surface area contributed by atoms with Crippen molar-refractivity contribution in [3.05, 3.63) is 23.8 Å². The van der Waals surface area contributed by atoms with Crippen LogP contribution in [0.4, 0.5) is 0 Å². The second-order valence-corrected chi connectivity index (χ2v) is 2.94. The van der Waals surface area contributed by atoms with E-state index in [0.29, 0.717) is 23.5 Å². The number of allylic oxidation sites excluding steroid dienone is 1. The summed E-state index contributed by atoms with van der Waals surface area (Å²) in [5.74, 6) is 1.80. The average molecular weight is 222 g/mol. The Labute approximate surface area is 94.4 Å². The first-order valence-electron chi connectivity index (χ1n) is 4.68. The van der Waals surface area contributed by atoms with Gasteiger partial charge in [0.1, 0.15) is 12.0 Å². The van der Waals surface area contributed by atoms with E-state index in [-0.39, 0.29) is 0 Å². The maximum Gasteiger partial charge on any atom is 0.164 e. The van der Waals surface area contributed by atoms with Crippen molar-refractivity contribution in [2.45, 2.75) is 0 Å². The maximum atomic E-state index is 10.3. The number of ether oxygens (including phenoxy) is 3. The van der Waals surface area contributed by atoms with Crippen LogP contribution in [-0.2, 0) is 4.79 Å². The van der Waals surface area contributed by atoms with E-state index in [2.05, 4.69) is 0 Å². The first-order chi connectivity index (χ1) is 7.76. The lowest BCUT2D eigenvalue weighted by atomic mass is 10.1. The first kappa shape index (κ1) is 12.1. The van der Waals surface area contributed by atoms with Crippen LogP contribution in [0.1, 0.15) is 5.56 Å². The van der Waals surface area contributed by atoms with Gasteiger partial charge in [-0.3, -0.25) is 4.79 Å². The zero-order valence-corrected chi connectivity index (χ0v) is 9.52. The Morgan fingerprint density at radius 1 is 0.938 bits per heavy atom. The van der Waals surface area contributed by atoms with Gasteiger partial charge in [0.05, 0.1) is 21.3 Å². The Hall–Kier alpha value is -1.97. The van der Waals surface area contributed by atoms with Gasteiger partial charge < -0.3 is 14.2 Å². The second kappa shape index (κ2) is 5.80. The highest BCUT2D eigenvalue weighted by Crippen LogP contribution is 2.35. The summed E-state index contributed by atoms with van der Waals surface area (Å²) < 4.78 is 15.5. The van der Waals surface area contributed by atoms with Crippen LogP contribution in [0.25, 0.3) is 6.08 Å². The smallest absolute Gasteiger partial charge is 0.164 e. The van der Waals surface area contributed by atoms with E-state index in [1.165, 1.54) is 6.08 Å². The molecule has 0 radical (unpaired) electrons. The van der Waals surface area contributed by atoms with E-state index < -0.39 is 0 Å². The molecule has 0 saturated carbocycles. The summed E-state index contributed by atoms with van der Waals surface area (Å²) in [6.07, 6.45) is 3.74. The number of carbonyl (C=O) groups excluding carboxylic acids is 1. The summed E-state index contributed by atoms with van der Waals surface area (Å²) in [7, 11) is 4.66. The quantitative estimate of drug-likeness (QED) is 0.564. The third-order valence-corrected chi connectivity index (χ3v) is 2.09. The molecule has 16 heavy (non-hydrogen) atoms. The number of hydrogen-bond acceptors (Lipinski definition) is 4. The lowest BCUT2D eigenvalue weighted by molar-refractivity contribution is -0.104. The third kappa shape index (κ3) is 2.53. The van der Waals surface area contributed by atoms with Crippen molar-refractivity contribution in [1.29, 1.82) is 0 Å². The Morgan fingerprint density at radius 3 is 2.00 bits per heavy atom. The molecule has 0 atom stereocenters. The molecule has 0 saturated heterocycles. The summed E-state index contributed by atoms with van der Waals surface area (Å²) in [4.78, 5) is 10.3. The van der Waals surface area contributed by atoms with Crippen molar-refractivity contribution < 1.29 is 19.0 Å². The lowest BCUT2D eigenvalue weighted by Crippen LogP contribution is -1.94. The fourth-order valence-corrected chi connectivity index (χ4v) is 1.33. The van der Waals surface area contributed by atoms with Gasteiger partial charge in [0, 0.05) is 11.6 Å². The van der Waals surface area contributed by atoms with E-state index >= 15 is 0 Å². The number of benzene rings is 1. The standard InChI is InChI=1S/C12H14O4/c1-14-10-8-12(16-3)11(15-2)7-9(10)5-4-6-13/h4-8H,1-3H3/b5-4-. The number of aldehydes is 1. The van der Waals surface area contributed by atoms with Crippen molar-refractivity contribution in [2.24, 2.45) is 0 Å². The lowest BCUT2D eigenvalue weighted by Gasteiger charge is -2.11. The van der Waals surface area contributed by atoms with E-state index in [1.807, 2.05) is 0 Å². The number of rotatable bonds is 5. The SMILES string of the molecule is COc1cc(OC)c(OC)cc1/C=C\C=O. The van der Waals surface area contributed by atoms with Gasteiger partial charge in [0.25, 0.3) is 0 Å². The molecule has 86 valence electrons. The average Bonchev–Trinajstić information content (AvgIpc) is 2.35. The van der Waals surface area contributed by atoms with E-state index in [4.69, 9.17) is 14.2 Å². The predicted molar refractivity (Wildman–Crippen MR) is 61.2 cm³/mol. The highest BCUT2D eigenvalue weighted by atomic mass is 16.5. The Bertz CT molecular complexity index is 396. The van der Waals surface area contributed by atoms with Gasteiger partial charge in [-0.1, -0.05) is 0 Å². The molecule has 1 rings (SSSR count). The number of carbonyl (C=O) groups is 1. The highest BCUT2D eigenvalue weighted by Gasteiger charge is 2.09. The molecule has 0 aliphatic rings. The molecule has 4 nitrogen and oxygen atoms in total. The van der Waals surface area contributed by atoms with Crippen molar-refractivity contribution in [1.82, 2.24) is 0 Å². The van der Waals surface area contributed by atoms with Crippen LogP contribution in [0.3, 0.4) is 0 Å². The Kier molecular flexibility index (Phi) is 4.39. The molecule has 0 aromatic heterocycles. The largest absolute Gasteiger partial charge is 0.496 e. The molecular weight excluding hydrogens is 208 g/mol. The third-order valence-electron chi connectivity index (χ3n) is 2.09. The van der Waals surface area contributed by atoms with Crippen LogP contribution in [0, 0.1) is 0 Å². The summed E-state index contributed by atoms with van der Waals surface area (Å²) >= 11 is 0. The predicted octanol–water partition coefficient (Wildman–Crippen LogP) is 1.92. The fraction of sp³-hybridized carbons (Fsp3) is 0.250. The molecule has 1 aromatic carbocycles. The summed E-state index contributed by atoms with van der Waals surface area (Å²) in [5, 5.41) is 0. The molecule has 0 spiro atoms. The maximum absolute atomic E-state index is 10.3. The van der Waals surface area contributed by atoms with Gasteiger partial charge >= 0.3 is 0 Å². The van der Waals surface area contributed by atoms with Crippen molar-refractivity contribution >= 4 is 12.4 Å². The topological polar surface area (TPSA) is 44.8 Å². The highest BCUT2D eigenvalue weighted by molar-refractivity contribution is 5.76. The minimum absolute atomic E-state index is 0.586. The Balaban J connectivity index is 3.25. The van der Waals surface area contributed by atoms with Gasteiger partial charge in [-0.2, -0.15) is 0 Å². The zero-order chi connectivity index (χ0) is 12.0. The van der Waals surface area contributed by atoms with Gasteiger partial charge in [0.15, 0.2) is 11.5 Å². The Morgan fingerprint density at radius 2 is 1.50 bits per heavy atom. The molecule has 0 N–H and O–H groups in total. The molecule has 4 heteroatoms. The minimum atomic E-state index is 0.586. The second-order valence-electron chi connectivity index (χ2n) is 2.94. The summed E-state index contributed by atoms with van der Waals surface area (Å²) in [6.45, 7) is 0. The monoisotopic (exact) mass is 222 g/mol. The van der Waals surface area contributed by atoms with Crippen LogP contribution < -0.4 is 14.2 Å². The van der Waals surface area contributed by atoms with Crippen LogP contribution in [0.2, 0.25) is 0 Å². The van der Waals surface area contributed by atoms with E-state index in [0.717, 1.165) is 5.56 Å². The van der Waals surface area contributed by atoms with Crippen molar-refractivity contribution in [3.8, 4) is 17.2 Å². The molecule has 0 unspecified atom stereocenters. The normalized spacial score (nSPS) is 10.2. The first-order valence-corrected chi connectivity index (χ1v) is 4.68. The van der Waals surface area contributed by atoms with Gasteiger partial charge in [-0.15, -0.1) is 0 Å². The van der Waals surface area contributed by atoms with Crippen molar-refractivity contribution in [2.75, 3.05) is 21.3 Å². The zero-order valence-electron chi connectivity index (χ0n) is 9.52. The summed E-state index contributed by atoms with van der Waals surface area (Å²) in [6, 6.07) is 3.46.